The molecule has 2 unspecified atom stereocenters. The highest BCUT2D eigenvalue weighted by molar-refractivity contribution is 14.0. The number of piperazine rings is 1. The number of likely N-dealkylation sites (N-methyl/N-ethyl adjacent to an activating group) is 1. The molecule has 4 rings (SSSR count). The van der Waals surface area contributed by atoms with Crippen LogP contribution in [0.1, 0.15) is 31.9 Å². The molecule has 2 fully saturated rings. The molecule has 0 bridgehead atoms. The molecule has 0 aliphatic carbocycles. The minimum Gasteiger partial charge on any atom is -0.357 e. The SMILES string of the molecule is CCNC(=NCc1ccnc(N2CCN(C)CC2)c1)N1CCC(C)C(n2ccnc2)C1.I. The number of pyridine rings is 1. The lowest BCUT2D eigenvalue weighted by Gasteiger charge is -2.39. The summed E-state index contributed by atoms with van der Waals surface area (Å²) < 4.78 is 2.24. The molecule has 0 spiro atoms. The molecule has 4 heterocycles. The Bertz CT molecular complexity index is 847. The summed E-state index contributed by atoms with van der Waals surface area (Å²) in [5.41, 5.74) is 1.20. The zero-order chi connectivity index (χ0) is 21.6. The van der Waals surface area contributed by atoms with Crippen LogP contribution in [0, 0.1) is 5.92 Å². The van der Waals surface area contributed by atoms with Crippen molar-refractivity contribution in [3.8, 4) is 0 Å². The summed E-state index contributed by atoms with van der Waals surface area (Å²) in [7, 11) is 2.18. The first-order valence-electron chi connectivity index (χ1n) is 11.5. The van der Waals surface area contributed by atoms with Crippen LogP contribution >= 0.6 is 24.0 Å². The number of aromatic nitrogens is 3. The van der Waals surface area contributed by atoms with E-state index in [2.05, 4.69) is 73.8 Å². The fourth-order valence-electron chi connectivity index (χ4n) is 4.45. The quantitative estimate of drug-likeness (QED) is 0.350. The number of nitrogens with zero attached hydrogens (tertiary/aromatic N) is 7. The van der Waals surface area contributed by atoms with Crippen molar-refractivity contribution in [3.63, 3.8) is 0 Å². The van der Waals surface area contributed by atoms with Gasteiger partial charge in [-0.25, -0.2) is 15.0 Å². The number of hydrogen-bond acceptors (Lipinski definition) is 5. The molecule has 2 atom stereocenters. The maximum absolute atomic E-state index is 5.00. The zero-order valence-electron chi connectivity index (χ0n) is 19.5. The molecule has 2 aromatic rings. The first kappa shape index (κ1) is 24.8. The second-order valence-electron chi connectivity index (χ2n) is 8.77. The number of piperidine rings is 1. The molecule has 0 radical (unpaired) electrons. The van der Waals surface area contributed by atoms with Crippen molar-refractivity contribution >= 4 is 35.8 Å². The van der Waals surface area contributed by atoms with Crippen molar-refractivity contribution in [2.75, 3.05) is 57.8 Å². The molecular formula is C23H37IN8. The Morgan fingerprint density at radius 3 is 2.72 bits per heavy atom. The highest BCUT2D eigenvalue weighted by Gasteiger charge is 2.28. The van der Waals surface area contributed by atoms with Crippen molar-refractivity contribution in [1.29, 1.82) is 0 Å². The van der Waals surface area contributed by atoms with Crippen LogP contribution in [-0.4, -0.2) is 83.2 Å². The number of halogens is 1. The molecule has 9 heteroatoms. The minimum absolute atomic E-state index is 0. The van der Waals surface area contributed by atoms with E-state index in [-0.39, 0.29) is 24.0 Å². The standard InChI is InChI=1S/C23H36N8.HI/c1-4-25-23(30-9-6-19(2)21(17-30)31-10-8-24-18-31)27-16-20-5-7-26-22(15-20)29-13-11-28(3)12-14-29;/h5,7-8,10,15,18-19,21H,4,6,9,11-14,16-17H2,1-3H3,(H,25,27);1H. The van der Waals surface area contributed by atoms with E-state index in [1.54, 1.807) is 0 Å². The minimum atomic E-state index is 0. The molecule has 0 saturated carbocycles. The van der Waals surface area contributed by atoms with Crippen LogP contribution in [0.15, 0.2) is 42.0 Å². The van der Waals surface area contributed by atoms with E-state index in [1.165, 1.54) is 5.56 Å². The van der Waals surface area contributed by atoms with Gasteiger partial charge in [0.25, 0.3) is 0 Å². The van der Waals surface area contributed by atoms with Gasteiger partial charge < -0.3 is 24.6 Å². The van der Waals surface area contributed by atoms with Crippen molar-refractivity contribution in [3.05, 3.63) is 42.6 Å². The van der Waals surface area contributed by atoms with Gasteiger partial charge in [-0.3, -0.25) is 0 Å². The van der Waals surface area contributed by atoms with Gasteiger partial charge in [-0.05, 0) is 44.0 Å². The Kier molecular flexibility index (Phi) is 9.15. The van der Waals surface area contributed by atoms with E-state index in [9.17, 15) is 0 Å². The van der Waals surface area contributed by atoms with E-state index in [0.29, 0.717) is 18.5 Å². The number of nitrogens with one attached hydrogen (secondary N) is 1. The third kappa shape index (κ3) is 6.12. The van der Waals surface area contributed by atoms with E-state index in [4.69, 9.17) is 4.99 Å². The third-order valence-electron chi connectivity index (χ3n) is 6.51. The van der Waals surface area contributed by atoms with Gasteiger partial charge >= 0.3 is 0 Å². The average Bonchev–Trinajstić information content (AvgIpc) is 3.32. The van der Waals surface area contributed by atoms with Crippen LogP contribution in [0.5, 0.6) is 0 Å². The molecule has 0 amide bonds. The topological polar surface area (TPSA) is 64.8 Å². The summed E-state index contributed by atoms with van der Waals surface area (Å²) in [6.07, 6.45) is 8.95. The van der Waals surface area contributed by atoms with Crippen molar-refractivity contribution < 1.29 is 0 Å². The van der Waals surface area contributed by atoms with E-state index in [0.717, 1.165) is 64.0 Å². The molecule has 2 aromatic heterocycles. The van der Waals surface area contributed by atoms with Gasteiger partial charge in [0.2, 0.25) is 0 Å². The molecule has 0 aromatic carbocycles. The monoisotopic (exact) mass is 552 g/mol. The molecule has 1 N–H and O–H groups in total. The van der Waals surface area contributed by atoms with Crippen LogP contribution in [0.2, 0.25) is 0 Å². The number of likely N-dealkylation sites (tertiary alicyclic amines) is 1. The second kappa shape index (κ2) is 11.8. The maximum Gasteiger partial charge on any atom is 0.194 e. The summed E-state index contributed by atoms with van der Waals surface area (Å²) in [4.78, 5) is 21.0. The van der Waals surface area contributed by atoms with Gasteiger partial charge in [-0.1, -0.05) is 6.92 Å². The normalized spacial score (nSPS) is 22.5. The Labute approximate surface area is 209 Å². The van der Waals surface area contributed by atoms with E-state index in [1.807, 2.05) is 18.7 Å². The summed E-state index contributed by atoms with van der Waals surface area (Å²) in [6, 6.07) is 4.70. The molecule has 2 aliphatic rings. The Balaban J connectivity index is 0.00000289. The van der Waals surface area contributed by atoms with Crippen molar-refractivity contribution in [2.45, 2.75) is 32.9 Å². The second-order valence-corrected chi connectivity index (χ2v) is 8.77. The molecule has 32 heavy (non-hydrogen) atoms. The number of imidazole rings is 1. The van der Waals surface area contributed by atoms with Crippen LogP contribution in [0.3, 0.4) is 0 Å². The van der Waals surface area contributed by atoms with Gasteiger partial charge in [-0.2, -0.15) is 0 Å². The first-order valence-corrected chi connectivity index (χ1v) is 11.5. The lowest BCUT2D eigenvalue weighted by atomic mass is 9.93. The number of anilines is 1. The van der Waals surface area contributed by atoms with Crippen LogP contribution in [0.25, 0.3) is 0 Å². The molecular weight excluding hydrogens is 515 g/mol. The van der Waals surface area contributed by atoms with Crippen LogP contribution in [0.4, 0.5) is 5.82 Å². The third-order valence-corrected chi connectivity index (χ3v) is 6.51. The van der Waals surface area contributed by atoms with Crippen molar-refractivity contribution in [2.24, 2.45) is 10.9 Å². The van der Waals surface area contributed by atoms with Gasteiger partial charge in [0.15, 0.2) is 5.96 Å². The fraction of sp³-hybridized carbons (Fsp3) is 0.609. The van der Waals surface area contributed by atoms with Gasteiger partial charge in [0, 0.05) is 64.4 Å². The van der Waals surface area contributed by atoms with E-state index < -0.39 is 0 Å². The molecule has 2 aliphatic heterocycles. The predicted molar refractivity (Wildman–Crippen MR) is 141 cm³/mol. The smallest absolute Gasteiger partial charge is 0.194 e. The summed E-state index contributed by atoms with van der Waals surface area (Å²) >= 11 is 0. The van der Waals surface area contributed by atoms with Gasteiger partial charge in [0.1, 0.15) is 5.82 Å². The summed E-state index contributed by atoms with van der Waals surface area (Å²) in [6.45, 7) is 12.2. The maximum atomic E-state index is 5.00. The van der Waals surface area contributed by atoms with Crippen molar-refractivity contribution in [1.82, 2.24) is 29.7 Å². The van der Waals surface area contributed by atoms with Gasteiger partial charge in [0.05, 0.1) is 18.9 Å². The number of rotatable bonds is 5. The molecule has 2 saturated heterocycles. The lowest BCUT2D eigenvalue weighted by Crippen LogP contribution is -2.49. The number of hydrogen-bond donors (Lipinski definition) is 1. The Morgan fingerprint density at radius 1 is 1.19 bits per heavy atom. The Morgan fingerprint density at radius 2 is 2.00 bits per heavy atom. The van der Waals surface area contributed by atoms with Crippen LogP contribution < -0.4 is 10.2 Å². The number of aliphatic imine (C=N–C) groups is 1. The fourth-order valence-corrected chi connectivity index (χ4v) is 4.45. The molecule has 8 nitrogen and oxygen atoms in total. The highest BCUT2D eigenvalue weighted by atomic mass is 127. The molecule has 176 valence electrons. The number of guanidine groups is 1. The summed E-state index contributed by atoms with van der Waals surface area (Å²) in [5.74, 6) is 2.69. The average molecular weight is 553 g/mol. The van der Waals surface area contributed by atoms with Crippen LogP contribution in [-0.2, 0) is 6.54 Å². The summed E-state index contributed by atoms with van der Waals surface area (Å²) in [5, 5.41) is 3.51. The van der Waals surface area contributed by atoms with E-state index >= 15 is 0 Å². The first-order chi connectivity index (χ1) is 15.1. The lowest BCUT2D eigenvalue weighted by molar-refractivity contribution is 0.189. The highest BCUT2D eigenvalue weighted by Crippen LogP contribution is 2.27. The zero-order valence-corrected chi connectivity index (χ0v) is 21.9. The van der Waals surface area contributed by atoms with Gasteiger partial charge in [-0.15, -0.1) is 24.0 Å². The predicted octanol–water partition coefficient (Wildman–Crippen LogP) is 2.70. The Hall–Kier alpha value is -1.88. The largest absolute Gasteiger partial charge is 0.357 e.